The van der Waals surface area contributed by atoms with Crippen molar-refractivity contribution in [2.24, 2.45) is 17.3 Å². The van der Waals surface area contributed by atoms with Gasteiger partial charge in [0.1, 0.15) is 17.8 Å². The third-order valence-corrected chi connectivity index (χ3v) is 6.41. The number of Topliss-reactive ketones (excluding diaryl/α,β-unsaturated/α-hetero) is 1. The smallest absolute Gasteiger partial charge is 0.150 e. The molecule has 4 rings (SSSR count). The number of ketones is 1. The molecule has 0 saturated heterocycles. The first-order valence-electron chi connectivity index (χ1n) is 8.22. The van der Waals surface area contributed by atoms with Gasteiger partial charge in [0.25, 0.3) is 0 Å². The SMILES string of the molecule is C[C@]12CC[C@@H]3c4c(C=O)cc(O)cc4CC[C@H]3[C@@H]1[CH]CC2=O. The minimum absolute atomic E-state index is 0.183. The molecule has 1 N–H and O–H groups in total. The highest BCUT2D eigenvalue weighted by Crippen LogP contribution is 2.59. The van der Waals surface area contributed by atoms with Crippen LogP contribution in [0, 0.1) is 23.7 Å². The summed E-state index contributed by atoms with van der Waals surface area (Å²) in [6, 6.07) is 3.40. The first-order valence-corrected chi connectivity index (χ1v) is 8.22. The number of carbonyl (C=O) groups excluding carboxylic acids is 2. The highest BCUT2D eigenvalue weighted by atomic mass is 16.3. The van der Waals surface area contributed by atoms with Crippen LogP contribution in [-0.2, 0) is 11.2 Å². The number of aromatic hydroxyl groups is 1. The Morgan fingerprint density at radius 1 is 1.32 bits per heavy atom. The molecule has 0 aliphatic heterocycles. The Kier molecular flexibility index (Phi) is 2.97. The molecular formula is C19H21O3. The van der Waals surface area contributed by atoms with Gasteiger partial charge >= 0.3 is 0 Å². The average molecular weight is 297 g/mol. The fraction of sp³-hybridized carbons (Fsp3) is 0.526. The Hall–Kier alpha value is -1.64. The number of rotatable bonds is 1. The normalized spacial score (nSPS) is 36.4. The van der Waals surface area contributed by atoms with Gasteiger partial charge in [-0.3, -0.25) is 9.59 Å². The second-order valence-electron chi connectivity index (χ2n) is 7.38. The zero-order chi connectivity index (χ0) is 15.5. The number of carbonyl (C=O) groups is 2. The molecule has 0 bridgehead atoms. The van der Waals surface area contributed by atoms with Crippen LogP contribution in [0.25, 0.3) is 0 Å². The van der Waals surface area contributed by atoms with Gasteiger partial charge in [0.05, 0.1) is 0 Å². The van der Waals surface area contributed by atoms with Crippen molar-refractivity contribution in [3.8, 4) is 5.75 Å². The van der Waals surface area contributed by atoms with Crippen LogP contribution in [0.5, 0.6) is 5.75 Å². The zero-order valence-electron chi connectivity index (χ0n) is 12.8. The summed E-state index contributed by atoms with van der Waals surface area (Å²) in [5.74, 6) is 1.73. The molecule has 4 atom stereocenters. The lowest BCUT2D eigenvalue weighted by molar-refractivity contribution is -0.129. The standard InChI is InChI=1S/C19H21O3/c1-19-7-6-15-14(16(19)4-5-17(19)22)3-2-11-8-13(21)9-12(10-20)18(11)15/h4,8-10,14-16,21H,2-3,5-7H2,1H3/t14-,15+,16+,19+/m1/s1. The van der Waals surface area contributed by atoms with Gasteiger partial charge in [-0.15, -0.1) is 0 Å². The predicted molar refractivity (Wildman–Crippen MR) is 82.8 cm³/mol. The fourth-order valence-corrected chi connectivity index (χ4v) is 5.32. The maximum atomic E-state index is 12.3. The lowest BCUT2D eigenvalue weighted by atomic mass is 9.55. The summed E-state index contributed by atoms with van der Waals surface area (Å²) in [7, 11) is 0. The van der Waals surface area contributed by atoms with Crippen LogP contribution in [0.4, 0.5) is 0 Å². The topological polar surface area (TPSA) is 54.4 Å². The Morgan fingerprint density at radius 3 is 2.91 bits per heavy atom. The summed E-state index contributed by atoms with van der Waals surface area (Å²) in [4.78, 5) is 23.8. The molecule has 115 valence electrons. The minimum Gasteiger partial charge on any atom is -0.508 e. The van der Waals surface area contributed by atoms with Crippen molar-refractivity contribution in [1.82, 2.24) is 0 Å². The van der Waals surface area contributed by atoms with E-state index in [1.54, 1.807) is 6.07 Å². The number of aldehydes is 1. The van der Waals surface area contributed by atoms with Crippen LogP contribution in [0.1, 0.15) is 60.0 Å². The van der Waals surface area contributed by atoms with Crippen LogP contribution in [0.2, 0.25) is 0 Å². The van der Waals surface area contributed by atoms with Crippen LogP contribution < -0.4 is 0 Å². The number of fused-ring (bicyclic) bond motifs is 5. The lowest BCUT2D eigenvalue weighted by Gasteiger charge is -2.48. The van der Waals surface area contributed by atoms with Crippen LogP contribution in [-0.4, -0.2) is 17.2 Å². The summed E-state index contributed by atoms with van der Waals surface area (Å²) in [5.41, 5.74) is 2.71. The van der Waals surface area contributed by atoms with E-state index < -0.39 is 0 Å². The zero-order valence-corrected chi connectivity index (χ0v) is 12.8. The Balaban J connectivity index is 1.79. The molecule has 0 aromatic heterocycles. The van der Waals surface area contributed by atoms with Crippen LogP contribution >= 0.6 is 0 Å². The summed E-state index contributed by atoms with van der Waals surface area (Å²) < 4.78 is 0. The van der Waals surface area contributed by atoms with E-state index in [-0.39, 0.29) is 11.2 Å². The second-order valence-corrected chi connectivity index (χ2v) is 7.38. The van der Waals surface area contributed by atoms with Crippen molar-refractivity contribution in [3.63, 3.8) is 0 Å². The van der Waals surface area contributed by atoms with Crippen molar-refractivity contribution in [2.45, 2.75) is 44.9 Å². The van der Waals surface area contributed by atoms with E-state index in [0.717, 1.165) is 43.1 Å². The van der Waals surface area contributed by atoms with E-state index in [2.05, 4.69) is 13.3 Å². The molecule has 3 heteroatoms. The molecule has 0 spiro atoms. The van der Waals surface area contributed by atoms with Gasteiger partial charge in [-0.05, 0) is 73.1 Å². The van der Waals surface area contributed by atoms with Gasteiger partial charge in [-0.2, -0.15) is 0 Å². The van der Waals surface area contributed by atoms with Gasteiger partial charge in [-0.25, -0.2) is 0 Å². The lowest BCUT2D eigenvalue weighted by Crippen LogP contribution is -2.42. The molecule has 3 nitrogen and oxygen atoms in total. The van der Waals surface area contributed by atoms with Crippen molar-refractivity contribution < 1.29 is 14.7 Å². The van der Waals surface area contributed by atoms with Crippen LogP contribution in [0.3, 0.4) is 0 Å². The average Bonchev–Trinajstić information content (AvgIpc) is 2.81. The van der Waals surface area contributed by atoms with E-state index in [0.29, 0.717) is 35.5 Å². The highest BCUT2D eigenvalue weighted by Gasteiger charge is 2.54. The van der Waals surface area contributed by atoms with Gasteiger partial charge in [0, 0.05) is 17.4 Å². The van der Waals surface area contributed by atoms with E-state index in [1.165, 1.54) is 0 Å². The summed E-state index contributed by atoms with van der Waals surface area (Å²) >= 11 is 0. The van der Waals surface area contributed by atoms with Crippen molar-refractivity contribution in [2.75, 3.05) is 0 Å². The molecular weight excluding hydrogens is 276 g/mol. The van der Waals surface area contributed by atoms with Crippen molar-refractivity contribution in [1.29, 1.82) is 0 Å². The molecule has 1 aromatic rings. The quantitative estimate of drug-likeness (QED) is 0.808. The molecule has 2 saturated carbocycles. The molecule has 1 aromatic carbocycles. The first-order chi connectivity index (χ1) is 10.5. The third-order valence-electron chi connectivity index (χ3n) is 6.41. The molecule has 0 amide bonds. The third kappa shape index (κ3) is 1.74. The Bertz CT molecular complexity index is 663. The molecule has 2 fully saturated rings. The molecule has 3 aliphatic carbocycles. The van der Waals surface area contributed by atoms with Crippen molar-refractivity contribution >= 4 is 12.1 Å². The molecule has 0 unspecified atom stereocenters. The largest absolute Gasteiger partial charge is 0.508 e. The van der Waals surface area contributed by atoms with Gasteiger partial charge in [-0.1, -0.05) is 6.92 Å². The molecule has 22 heavy (non-hydrogen) atoms. The highest BCUT2D eigenvalue weighted by molar-refractivity contribution is 5.89. The fourth-order valence-electron chi connectivity index (χ4n) is 5.32. The summed E-state index contributed by atoms with van der Waals surface area (Å²) in [6.07, 6.45) is 7.52. The van der Waals surface area contributed by atoms with E-state index >= 15 is 0 Å². The predicted octanol–water partition coefficient (Wildman–Crippen LogP) is 3.44. The Labute approximate surface area is 130 Å². The maximum Gasteiger partial charge on any atom is 0.150 e. The number of hydrogen-bond acceptors (Lipinski definition) is 3. The summed E-state index contributed by atoms with van der Waals surface area (Å²) in [6.45, 7) is 2.13. The number of hydrogen-bond donors (Lipinski definition) is 1. The number of benzene rings is 1. The number of phenolic OH excluding ortho intramolecular Hbond substituents is 1. The molecule has 3 aliphatic rings. The van der Waals surface area contributed by atoms with E-state index in [1.807, 2.05) is 6.07 Å². The Morgan fingerprint density at radius 2 is 2.14 bits per heavy atom. The van der Waals surface area contributed by atoms with Gasteiger partial charge in [0.15, 0.2) is 0 Å². The van der Waals surface area contributed by atoms with Gasteiger partial charge < -0.3 is 5.11 Å². The first kappa shape index (κ1) is 14.0. The van der Waals surface area contributed by atoms with E-state index in [4.69, 9.17) is 0 Å². The van der Waals surface area contributed by atoms with Crippen molar-refractivity contribution in [3.05, 3.63) is 35.2 Å². The molecule has 0 heterocycles. The minimum atomic E-state index is -0.184. The summed E-state index contributed by atoms with van der Waals surface area (Å²) in [5, 5.41) is 9.81. The van der Waals surface area contributed by atoms with Gasteiger partial charge in [0.2, 0.25) is 0 Å². The maximum absolute atomic E-state index is 12.3. The monoisotopic (exact) mass is 297 g/mol. The number of phenols is 1. The molecule has 1 radical (unpaired) electrons. The second kappa shape index (κ2) is 4.68. The van der Waals surface area contributed by atoms with E-state index in [9.17, 15) is 14.7 Å². The number of aryl methyl sites for hydroxylation is 1. The van der Waals surface area contributed by atoms with Crippen LogP contribution in [0.15, 0.2) is 12.1 Å².